The molecule has 5 heteroatoms. The molecular weight excluding hydrogens is 370 g/mol. The monoisotopic (exact) mass is 389 g/mol. The second kappa shape index (κ2) is 6.68. The Balaban J connectivity index is 2.17. The fourth-order valence-electron chi connectivity index (χ4n) is 2.58. The van der Waals surface area contributed by atoms with Gasteiger partial charge in [-0.3, -0.25) is 4.90 Å². The summed E-state index contributed by atoms with van der Waals surface area (Å²) in [4.78, 5) is 4.90. The number of likely N-dealkylation sites (N-methyl/N-ethyl adjacent to an activating group) is 1. The van der Waals surface area contributed by atoms with Crippen molar-refractivity contribution in [3.8, 4) is 0 Å². The molecule has 0 bridgehead atoms. The van der Waals surface area contributed by atoms with Crippen LogP contribution in [0.4, 0.5) is 0 Å². The molecule has 0 aliphatic carbocycles. The number of nitrogens with two attached hydrogens (primary N) is 1. The molecule has 1 saturated heterocycles. The molecule has 0 saturated carbocycles. The lowest BCUT2D eigenvalue weighted by Crippen LogP contribution is -2.52. The van der Waals surface area contributed by atoms with E-state index in [-0.39, 0.29) is 0 Å². The van der Waals surface area contributed by atoms with E-state index in [0.29, 0.717) is 18.6 Å². The molecule has 1 aliphatic rings. The Morgan fingerprint density at radius 1 is 1.32 bits per heavy atom. The molecule has 2 rings (SSSR count). The summed E-state index contributed by atoms with van der Waals surface area (Å²) in [5.74, 6) is 0. The van der Waals surface area contributed by atoms with Crippen LogP contribution in [0.2, 0.25) is 0 Å². The Hall–Kier alpha value is 0.0600. The van der Waals surface area contributed by atoms with Crippen molar-refractivity contribution in [1.82, 2.24) is 9.80 Å². The van der Waals surface area contributed by atoms with Gasteiger partial charge in [0.2, 0.25) is 0 Å². The molecule has 1 aromatic rings. The zero-order valence-electron chi connectivity index (χ0n) is 11.4. The third kappa shape index (κ3) is 3.58. The molecule has 3 nitrogen and oxygen atoms in total. The summed E-state index contributed by atoms with van der Waals surface area (Å²) in [6.45, 7) is 6.19. The van der Waals surface area contributed by atoms with E-state index >= 15 is 0 Å². The number of piperazine rings is 1. The zero-order chi connectivity index (χ0) is 14.0. The van der Waals surface area contributed by atoms with Crippen LogP contribution in [-0.4, -0.2) is 49.1 Å². The van der Waals surface area contributed by atoms with E-state index in [1.807, 2.05) is 0 Å². The van der Waals surface area contributed by atoms with Crippen LogP contribution in [0.5, 0.6) is 0 Å². The third-order valence-corrected chi connectivity index (χ3v) is 5.86. The lowest BCUT2D eigenvalue weighted by atomic mass is 10.0. The summed E-state index contributed by atoms with van der Waals surface area (Å²) in [7, 11) is 2.19. The van der Waals surface area contributed by atoms with Crippen LogP contribution in [-0.2, 0) is 0 Å². The Bertz CT molecular complexity index is 439. The number of halogens is 2. The second-order valence-corrected chi connectivity index (χ2v) is 6.96. The fraction of sp³-hybridized carbons (Fsp3) is 0.571. The van der Waals surface area contributed by atoms with Gasteiger partial charge < -0.3 is 10.6 Å². The van der Waals surface area contributed by atoms with E-state index in [0.717, 1.165) is 28.6 Å². The van der Waals surface area contributed by atoms with Gasteiger partial charge in [0.05, 0.1) is 0 Å². The summed E-state index contributed by atoms with van der Waals surface area (Å²) in [5.41, 5.74) is 7.31. The maximum absolute atomic E-state index is 6.02. The molecule has 0 spiro atoms. The molecular formula is C14H21Br2N3. The molecule has 0 aromatic heterocycles. The van der Waals surface area contributed by atoms with Crippen LogP contribution in [0.25, 0.3) is 0 Å². The molecule has 0 radical (unpaired) electrons. The van der Waals surface area contributed by atoms with Crippen molar-refractivity contribution < 1.29 is 0 Å². The van der Waals surface area contributed by atoms with E-state index < -0.39 is 0 Å². The molecule has 1 heterocycles. The Kier molecular flexibility index (Phi) is 5.43. The Labute approximate surface area is 132 Å². The fourth-order valence-corrected chi connectivity index (χ4v) is 3.22. The van der Waals surface area contributed by atoms with E-state index in [1.54, 1.807) is 0 Å². The van der Waals surface area contributed by atoms with Crippen molar-refractivity contribution in [3.05, 3.63) is 32.7 Å². The Morgan fingerprint density at radius 3 is 2.63 bits per heavy atom. The van der Waals surface area contributed by atoms with Gasteiger partial charge in [-0.25, -0.2) is 0 Å². The standard InChI is InChI=1S/C14H21Br2N3/c1-10-9-19(6-5-18(10)2)14(8-17)11-3-4-12(15)13(16)7-11/h3-4,7,10,14H,5-6,8-9,17H2,1-2H3. The van der Waals surface area contributed by atoms with Gasteiger partial charge in [0.25, 0.3) is 0 Å². The average Bonchev–Trinajstić information content (AvgIpc) is 2.39. The SMILES string of the molecule is CC1CN(C(CN)c2ccc(Br)c(Br)c2)CCN1C. The van der Waals surface area contributed by atoms with Gasteiger partial charge in [-0.1, -0.05) is 6.07 Å². The topological polar surface area (TPSA) is 32.5 Å². The first kappa shape index (κ1) is 15.4. The number of rotatable bonds is 3. The molecule has 1 fully saturated rings. The van der Waals surface area contributed by atoms with Crippen LogP contribution in [0.15, 0.2) is 27.1 Å². The summed E-state index contributed by atoms with van der Waals surface area (Å²) in [6, 6.07) is 7.31. The van der Waals surface area contributed by atoms with Crippen LogP contribution in [0.3, 0.4) is 0 Å². The van der Waals surface area contributed by atoms with Crippen LogP contribution < -0.4 is 5.73 Å². The molecule has 1 aromatic carbocycles. The van der Waals surface area contributed by atoms with Gasteiger partial charge in [-0.15, -0.1) is 0 Å². The number of hydrogen-bond acceptors (Lipinski definition) is 3. The lowest BCUT2D eigenvalue weighted by Gasteiger charge is -2.41. The largest absolute Gasteiger partial charge is 0.329 e. The molecule has 0 amide bonds. The van der Waals surface area contributed by atoms with Crippen LogP contribution >= 0.6 is 31.9 Å². The average molecular weight is 391 g/mol. The van der Waals surface area contributed by atoms with Crippen LogP contribution in [0, 0.1) is 0 Å². The number of nitrogens with zero attached hydrogens (tertiary/aromatic N) is 2. The summed E-state index contributed by atoms with van der Waals surface area (Å²) >= 11 is 7.09. The van der Waals surface area contributed by atoms with Gasteiger partial charge in [0.1, 0.15) is 0 Å². The predicted octanol–water partition coefficient (Wildman–Crippen LogP) is 2.85. The number of benzene rings is 1. The summed E-state index contributed by atoms with van der Waals surface area (Å²) in [6.07, 6.45) is 0. The van der Waals surface area contributed by atoms with Crippen molar-refractivity contribution in [2.24, 2.45) is 5.73 Å². The summed E-state index contributed by atoms with van der Waals surface area (Å²) in [5, 5.41) is 0. The maximum Gasteiger partial charge on any atom is 0.0472 e. The highest BCUT2D eigenvalue weighted by Gasteiger charge is 2.26. The summed E-state index contributed by atoms with van der Waals surface area (Å²) < 4.78 is 2.17. The van der Waals surface area contributed by atoms with Crippen molar-refractivity contribution >= 4 is 31.9 Å². The molecule has 19 heavy (non-hydrogen) atoms. The molecule has 106 valence electrons. The third-order valence-electron chi connectivity index (χ3n) is 3.98. The van der Waals surface area contributed by atoms with Crippen molar-refractivity contribution in [2.75, 3.05) is 33.2 Å². The first-order chi connectivity index (χ1) is 9.02. The molecule has 2 N–H and O–H groups in total. The molecule has 2 unspecified atom stereocenters. The smallest absolute Gasteiger partial charge is 0.0472 e. The van der Waals surface area contributed by atoms with Gasteiger partial charge in [0.15, 0.2) is 0 Å². The first-order valence-corrected chi connectivity index (χ1v) is 8.21. The van der Waals surface area contributed by atoms with Gasteiger partial charge in [-0.2, -0.15) is 0 Å². The van der Waals surface area contributed by atoms with Gasteiger partial charge in [0, 0.05) is 47.2 Å². The van der Waals surface area contributed by atoms with Crippen molar-refractivity contribution in [3.63, 3.8) is 0 Å². The van der Waals surface area contributed by atoms with E-state index in [4.69, 9.17) is 5.73 Å². The highest BCUT2D eigenvalue weighted by atomic mass is 79.9. The zero-order valence-corrected chi connectivity index (χ0v) is 14.6. The van der Waals surface area contributed by atoms with Crippen molar-refractivity contribution in [1.29, 1.82) is 0 Å². The van der Waals surface area contributed by atoms with Gasteiger partial charge in [-0.05, 0) is 63.5 Å². The molecule has 1 aliphatic heterocycles. The number of hydrogen-bond donors (Lipinski definition) is 1. The lowest BCUT2D eigenvalue weighted by molar-refractivity contribution is 0.0741. The Morgan fingerprint density at radius 2 is 2.05 bits per heavy atom. The minimum atomic E-state index is 0.306. The maximum atomic E-state index is 6.02. The highest BCUT2D eigenvalue weighted by molar-refractivity contribution is 9.13. The van der Waals surface area contributed by atoms with Gasteiger partial charge >= 0.3 is 0 Å². The van der Waals surface area contributed by atoms with E-state index in [2.05, 4.69) is 73.8 Å². The first-order valence-electron chi connectivity index (χ1n) is 6.62. The normalized spacial score (nSPS) is 23.5. The minimum absolute atomic E-state index is 0.306. The van der Waals surface area contributed by atoms with Crippen LogP contribution in [0.1, 0.15) is 18.5 Å². The van der Waals surface area contributed by atoms with Crippen molar-refractivity contribution in [2.45, 2.75) is 19.0 Å². The minimum Gasteiger partial charge on any atom is -0.329 e. The highest BCUT2D eigenvalue weighted by Crippen LogP contribution is 2.29. The quantitative estimate of drug-likeness (QED) is 0.861. The predicted molar refractivity (Wildman–Crippen MR) is 87.3 cm³/mol. The van der Waals surface area contributed by atoms with E-state index in [9.17, 15) is 0 Å². The molecule has 2 atom stereocenters. The van der Waals surface area contributed by atoms with E-state index in [1.165, 1.54) is 5.56 Å². The second-order valence-electron chi connectivity index (χ2n) is 5.25.